The largest absolute Gasteiger partial charge is 0.462 e. The highest BCUT2D eigenvalue weighted by atomic mass is 16.6. The van der Waals surface area contributed by atoms with Crippen LogP contribution in [0, 0.1) is 17.8 Å². The van der Waals surface area contributed by atoms with Crippen molar-refractivity contribution < 1.29 is 23.9 Å². The van der Waals surface area contributed by atoms with Gasteiger partial charge in [-0.15, -0.1) is 0 Å². The maximum atomic E-state index is 12.5. The molecular formula is C23H30O5. The molecule has 5 atom stereocenters. The molecule has 0 radical (unpaired) electrons. The zero-order valence-electron chi connectivity index (χ0n) is 16.8. The molecule has 1 saturated heterocycles. The summed E-state index contributed by atoms with van der Waals surface area (Å²) in [7, 11) is 0. The molecule has 1 aliphatic carbocycles. The van der Waals surface area contributed by atoms with Gasteiger partial charge in [0.25, 0.3) is 0 Å². The fourth-order valence-electron chi connectivity index (χ4n) is 4.50. The number of esters is 2. The average Bonchev–Trinajstić information content (AvgIpc) is 3.20. The number of Topliss-reactive ketones (excluding diaryl/α,β-unsaturated/α-hetero) is 1. The predicted molar refractivity (Wildman–Crippen MR) is 105 cm³/mol. The third kappa shape index (κ3) is 4.81. The Kier molecular flexibility index (Phi) is 6.87. The molecule has 0 N–H and O–H groups in total. The Balaban J connectivity index is 1.63. The van der Waals surface area contributed by atoms with Crippen molar-refractivity contribution >= 4 is 17.7 Å². The fraction of sp³-hybridized carbons (Fsp3) is 0.609. The Morgan fingerprint density at radius 1 is 1.25 bits per heavy atom. The van der Waals surface area contributed by atoms with Crippen LogP contribution in [-0.4, -0.2) is 29.9 Å². The van der Waals surface area contributed by atoms with Crippen LogP contribution in [-0.2, 0) is 19.1 Å². The predicted octanol–water partition coefficient (Wildman–Crippen LogP) is 4.34. The van der Waals surface area contributed by atoms with Crippen molar-refractivity contribution in [2.45, 2.75) is 71.0 Å². The van der Waals surface area contributed by atoms with Crippen molar-refractivity contribution in [1.29, 1.82) is 0 Å². The van der Waals surface area contributed by atoms with E-state index in [2.05, 4.69) is 6.92 Å². The molecule has 1 aromatic carbocycles. The second kappa shape index (κ2) is 9.35. The number of hydrogen-bond acceptors (Lipinski definition) is 5. The topological polar surface area (TPSA) is 69.7 Å². The number of benzene rings is 1. The molecule has 3 rings (SSSR count). The molecule has 2 aliphatic rings. The lowest BCUT2D eigenvalue weighted by atomic mass is 9.85. The van der Waals surface area contributed by atoms with Crippen molar-refractivity contribution in [3.8, 4) is 0 Å². The summed E-state index contributed by atoms with van der Waals surface area (Å²) in [4.78, 5) is 36.7. The van der Waals surface area contributed by atoms with E-state index in [0.717, 1.165) is 19.3 Å². The van der Waals surface area contributed by atoms with Gasteiger partial charge in [-0.3, -0.25) is 9.59 Å². The number of carbonyl (C=O) groups excluding carboxylic acids is 3. The number of hydrogen-bond donors (Lipinski definition) is 0. The molecule has 1 heterocycles. The van der Waals surface area contributed by atoms with Gasteiger partial charge >= 0.3 is 11.9 Å². The van der Waals surface area contributed by atoms with Crippen LogP contribution in [0.25, 0.3) is 0 Å². The third-order valence-corrected chi connectivity index (χ3v) is 6.19. The molecule has 0 aromatic heterocycles. The van der Waals surface area contributed by atoms with E-state index in [0.29, 0.717) is 31.2 Å². The highest BCUT2D eigenvalue weighted by molar-refractivity contribution is 5.89. The standard InChI is InChI=1S/C23H30O5/c1-3-4-8-15(2)19(24)12-11-17-18-13-22(25)27-21(18)14-20(17)28-23(26)16-9-6-5-7-10-16/h5-7,9-10,15,17-18,20-21H,3-4,8,11-14H2,1-2H3/t15?,17-,18?,20?,21?/m1/s1. The van der Waals surface area contributed by atoms with Crippen LogP contribution < -0.4 is 0 Å². The monoisotopic (exact) mass is 386 g/mol. The summed E-state index contributed by atoms with van der Waals surface area (Å²) in [5.41, 5.74) is 0.513. The van der Waals surface area contributed by atoms with Gasteiger partial charge in [-0.25, -0.2) is 4.79 Å². The van der Waals surface area contributed by atoms with Crippen LogP contribution in [0.1, 0.15) is 69.2 Å². The van der Waals surface area contributed by atoms with Gasteiger partial charge in [0.2, 0.25) is 0 Å². The van der Waals surface area contributed by atoms with Gasteiger partial charge in [-0.2, -0.15) is 0 Å². The summed E-state index contributed by atoms with van der Waals surface area (Å²) in [6, 6.07) is 8.91. The van der Waals surface area contributed by atoms with Gasteiger partial charge in [0.05, 0.1) is 12.0 Å². The van der Waals surface area contributed by atoms with E-state index in [4.69, 9.17) is 9.47 Å². The number of carbonyl (C=O) groups is 3. The molecule has 1 saturated carbocycles. The molecule has 0 amide bonds. The summed E-state index contributed by atoms with van der Waals surface area (Å²) in [6.45, 7) is 4.11. The van der Waals surface area contributed by atoms with Gasteiger partial charge < -0.3 is 9.47 Å². The van der Waals surface area contributed by atoms with E-state index < -0.39 is 0 Å². The molecule has 1 aromatic rings. The van der Waals surface area contributed by atoms with Crippen LogP contribution >= 0.6 is 0 Å². The van der Waals surface area contributed by atoms with Crippen molar-refractivity contribution in [3.63, 3.8) is 0 Å². The molecule has 5 heteroatoms. The number of ketones is 1. The Bertz CT molecular complexity index is 698. The normalized spacial score (nSPS) is 27.1. The first-order chi connectivity index (χ1) is 13.5. The van der Waals surface area contributed by atoms with Gasteiger partial charge in [0.15, 0.2) is 0 Å². The van der Waals surface area contributed by atoms with E-state index >= 15 is 0 Å². The molecule has 28 heavy (non-hydrogen) atoms. The smallest absolute Gasteiger partial charge is 0.338 e. The minimum Gasteiger partial charge on any atom is -0.462 e. The first kappa shape index (κ1) is 20.6. The third-order valence-electron chi connectivity index (χ3n) is 6.19. The van der Waals surface area contributed by atoms with Crippen molar-refractivity contribution in [2.75, 3.05) is 0 Å². The van der Waals surface area contributed by atoms with Crippen molar-refractivity contribution in [2.24, 2.45) is 17.8 Å². The quantitative estimate of drug-likeness (QED) is 0.591. The van der Waals surface area contributed by atoms with Crippen LogP contribution in [0.5, 0.6) is 0 Å². The Hall–Kier alpha value is -2.17. The molecule has 2 fully saturated rings. The number of ether oxygens (including phenoxy) is 2. The molecular weight excluding hydrogens is 356 g/mol. The maximum Gasteiger partial charge on any atom is 0.338 e. The summed E-state index contributed by atoms with van der Waals surface area (Å²) in [6.07, 6.45) is 4.54. The molecule has 0 bridgehead atoms. The molecule has 0 spiro atoms. The van der Waals surface area contributed by atoms with E-state index in [1.54, 1.807) is 24.3 Å². The Labute approximate surface area is 166 Å². The second-order valence-electron chi connectivity index (χ2n) is 8.15. The zero-order chi connectivity index (χ0) is 20.1. The van der Waals surface area contributed by atoms with E-state index in [1.807, 2.05) is 13.0 Å². The highest BCUT2D eigenvalue weighted by Crippen LogP contribution is 2.45. The molecule has 152 valence electrons. The summed E-state index contributed by atoms with van der Waals surface area (Å²) >= 11 is 0. The SMILES string of the molecule is CCCCC(C)C(=O)CC[C@H]1C(OC(=O)c2ccccc2)CC2OC(=O)CC21. The van der Waals surface area contributed by atoms with Crippen LogP contribution in [0.15, 0.2) is 30.3 Å². The first-order valence-corrected chi connectivity index (χ1v) is 10.5. The van der Waals surface area contributed by atoms with E-state index in [9.17, 15) is 14.4 Å². The highest BCUT2D eigenvalue weighted by Gasteiger charge is 2.51. The van der Waals surface area contributed by atoms with Gasteiger partial charge in [-0.1, -0.05) is 44.9 Å². The average molecular weight is 386 g/mol. The van der Waals surface area contributed by atoms with Crippen LogP contribution in [0.3, 0.4) is 0 Å². The Morgan fingerprint density at radius 2 is 2.00 bits per heavy atom. The number of fused-ring (bicyclic) bond motifs is 1. The van der Waals surface area contributed by atoms with Crippen molar-refractivity contribution in [3.05, 3.63) is 35.9 Å². The van der Waals surface area contributed by atoms with E-state index in [1.165, 1.54) is 0 Å². The molecule has 1 aliphatic heterocycles. The first-order valence-electron chi connectivity index (χ1n) is 10.5. The molecule has 5 nitrogen and oxygen atoms in total. The lowest BCUT2D eigenvalue weighted by Gasteiger charge is -2.23. The van der Waals surface area contributed by atoms with Crippen LogP contribution in [0.2, 0.25) is 0 Å². The second-order valence-corrected chi connectivity index (χ2v) is 8.15. The van der Waals surface area contributed by atoms with Gasteiger partial charge in [0.1, 0.15) is 18.0 Å². The number of unbranched alkanes of at least 4 members (excludes halogenated alkanes) is 1. The Morgan fingerprint density at radius 3 is 2.71 bits per heavy atom. The van der Waals surface area contributed by atoms with Gasteiger partial charge in [0, 0.05) is 30.6 Å². The van der Waals surface area contributed by atoms with Crippen molar-refractivity contribution in [1.82, 2.24) is 0 Å². The summed E-state index contributed by atoms with van der Waals surface area (Å²) < 4.78 is 11.2. The summed E-state index contributed by atoms with van der Waals surface area (Å²) in [5, 5.41) is 0. The summed E-state index contributed by atoms with van der Waals surface area (Å²) in [5.74, 6) is -0.189. The lowest BCUT2D eigenvalue weighted by molar-refractivity contribution is -0.141. The minimum atomic E-state index is -0.357. The molecule has 4 unspecified atom stereocenters. The maximum absolute atomic E-state index is 12.5. The minimum absolute atomic E-state index is 0.00793. The fourth-order valence-corrected chi connectivity index (χ4v) is 4.50. The van der Waals surface area contributed by atoms with Crippen LogP contribution in [0.4, 0.5) is 0 Å². The van der Waals surface area contributed by atoms with E-state index in [-0.39, 0.29) is 47.7 Å². The zero-order valence-corrected chi connectivity index (χ0v) is 16.8. The number of rotatable bonds is 9. The van der Waals surface area contributed by atoms with Gasteiger partial charge in [-0.05, 0) is 25.0 Å². The lowest BCUT2D eigenvalue weighted by Crippen LogP contribution is -2.27.